The molecule has 1 aliphatic heterocycles. The maximum Gasteiger partial charge on any atom is 0.410 e. The Labute approximate surface area is 96.6 Å². The van der Waals surface area contributed by atoms with Gasteiger partial charge in [0.05, 0.1) is 0 Å². The standard InChI is InChI=1S/C11H22N2O3/c1-11(2,3)16-10(15)13-5-4-8(7-14)9(12)6-13/h8-9,14H,4-7,12H2,1-3H3/t8-,9+/m1/s1. The summed E-state index contributed by atoms with van der Waals surface area (Å²) < 4.78 is 5.26. The third-order valence-corrected chi connectivity index (χ3v) is 2.69. The van der Waals surface area contributed by atoms with Gasteiger partial charge in [-0.2, -0.15) is 0 Å². The predicted octanol–water partition coefficient (Wildman–Crippen LogP) is 0.563. The average molecular weight is 230 g/mol. The number of amides is 1. The molecule has 1 fully saturated rings. The summed E-state index contributed by atoms with van der Waals surface area (Å²) in [5.74, 6) is 0.0960. The lowest BCUT2D eigenvalue weighted by Crippen LogP contribution is -2.52. The van der Waals surface area contributed by atoms with Crippen molar-refractivity contribution in [2.45, 2.75) is 38.8 Å². The number of carbonyl (C=O) groups excluding carboxylic acids is 1. The molecule has 5 nitrogen and oxygen atoms in total. The molecule has 0 aromatic rings. The third kappa shape index (κ3) is 3.64. The van der Waals surface area contributed by atoms with Crippen molar-refractivity contribution in [1.82, 2.24) is 4.90 Å². The fourth-order valence-corrected chi connectivity index (χ4v) is 1.75. The molecule has 0 radical (unpaired) electrons. The molecule has 1 heterocycles. The Morgan fingerprint density at radius 2 is 2.19 bits per heavy atom. The van der Waals surface area contributed by atoms with Crippen LogP contribution in [0.1, 0.15) is 27.2 Å². The summed E-state index contributed by atoms with van der Waals surface area (Å²) in [6.07, 6.45) is 0.413. The zero-order valence-electron chi connectivity index (χ0n) is 10.3. The van der Waals surface area contributed by atoms with Gasteiger partial charge < -0.3 is 20.5 Å². The van der Waals surface area contributed by atoms with Gasteiger partial charge in [-0.3, -0.25) is 0 Å². The molecule has 0 aromatic heterocycles. The molecule has 0 aromatic carbocycles. The summed E-state index contributed by atoms with van der Waals surface area (Å²) in [5.41, 5.74) is 5.39. The van der Waals surface area contributed by atoms with Crippen LogP contribution in [0.4, 0.5) is 4.79 Å². The van der Waals surface area contributed by atoms with E-state index in [4.69, 9.17) is 15.6 Å². The maximum absolute atomic E-state index is 11.7. The second-order valence-corrected chi connectivity index (χ2v) is 5.32. The van der Waals surface area contributed by atoms with Gasteiger partial charge in [-0.15, -0.1) is 0 Å². The van der Waals surface area contributed by atoms with E-state index in [2.05, 4.69) is 0 Å². The van der Waals surface area contributed by atoms with Crippen molar-refractivity contribution in [3.63, 3.8) is 0 Å². The van der Waals surface area contributed by atoms with E-state index in [1.54, 1.807) is 4.90 Å². The maximum atomic E-state index is 11.7. The second-order valence-electron chi connectivity index (χ2n) is 5.32. The number of aliphatic hydroxyl groups excluding tert-OH is 1. The van der Waals surface area contributed by atoms with Gasteiger partial charge in [-0.1, -0.05) is 0 Å². The minimum atomic E-state index is -0.477. The number of rotatable bonds is 1. The zero-order chi connectivity index (χ0) is 12.3. The van der Waals surface area contributed by atoms with Crippen LogP contribution < -0.4 is 5.73 Å². The van der Waals surface area contributed by atoms with Crippen molar-refractivity contribution >= 4 is 6.09 Å². The molecule has 0 spiro atoms. The van der Waals surface area contributed by atoms with Crippen LogP contribution in [0.2, 0.25) is 0 Å². The molecule has 16 heavy (non-hydrogen) atoms. The highest BCUT2D eigenvalue weighted by Crippen LogP contribution is 2.18. The van der Waals surface area contributed by atoms with Crippen LogP contribution in [0.3, 0.4) is 0 Å². The fourth-order valence-electron chi connectivity index (χ4n) is 1.75. The highest BCUT2D eigenvalue weighted by molar-refractivity contribution is 5.68. The number of nitrogens with two attached hydrogens (primary N) is 1. The minimum absolute atomic E-state index is 0.0866. The first-order chi connectivity index (χ1) is 7.33. The van der Waals surface area contributed by atoms with Crippen LogP contribution in [0.5, 0.6) is 0 Å². The van der Waals surface area contributed by atoms with Crippen LogP contribution in [-0.2, 0) is 4.74 Å². The number of nitrogens with zero attached hydrogens (tertiary/aromatic N) is 1. The van der Waals surface area contributed by atoms with Gasteiger partial charge in [-0.05, 0) is 27.2 Å². The Balaban J connectivity index is 2.48. The lowest BCUT2D eigenvalue weighted by atomic mass is 9.93. The van der Waals surface area contributed by atoms with Crippen molar-refractivity contribution in [2.75, 3.05) is 19.7 Å². The van der Waals surface area contributed by atoms with E-state index >= 15 is 0 Å². The van der Waals surface area contributed by atoms with E-state index < -0.39 is 5.60 Å². The summed E-state index contributed by atoms with van der Waals surface area (Å²) in [5, 5.41) is 9.06. The number of carbonyl (C=O) groups is 1. The Morgan fingerprint density at radius 1 is 1.56 bits per heavy atom. The number of hydrogen-bond donors (Lipinski definition) is 2. The molecule has 5 heteroatoms. The molecular weight excluding hydrogens is 208 g/mol. The lowest BCUT2D eigenvalue weighted by molar-refractivity contribution is 0.0127. The summed E-state index contributed by atoms with van der Waals surface area (Å²) >= 11 is 0. The summed E-state index contributed by atoms with van der Waals surface area (Å²) in [7, 11) is 0. The van der Waals surface area contributed by atoms with E-state index in [0.29, 0.717) is 13.1 Å². The molecule has 1 aliphatic rings. The normalized spacial score (nSPS) is 26.7. The molecule has 0 bridgehead atoms. The summed E-state index contributed by atoms with van der Waals surface area (Å²) in [6, 6.07) is -0.161. The van der Waals surface area contributed by atoms with Crippen molar-refractivity contribution in [3.8, 4) is 0 Å². The van der Waals surface area contributed by atoms with Gasteiger partial charge in [0, 0.05) is 31.7 Å². The molecule has 1 amide bonds. The van der Waals surface area contributed by atoms with Crippen molar-refractivity contribution in [1.29, 1.82) is 0 Å². The first-order valence-corrected chi connectivity index (χ1v) is 5.68. The van der Waals surface area contributed by atoms with Crippen LogP contribution in [-0.4, -0.2) is 47.4 Å². The monoisotopic (exact) mass is 230 g/mol. The lowest BCUT2D eigenvalue weighted by Gasteiger charge is -2.36. The van der Waals surface area contributed by atoms with Gasteiger partial charge in [0.25, 0.3) is 0 Å². The molecule has 1 rings (SSSR count). The molecule has 1 saturated heterocycles. The van der Waals surface area contributed by atoms with Crippen LogP contribution in [0, 0.1) is 5.92 Å². The second kappa shape index (κ2) is 5.01. The van der Waals surface area contributed by atoms with Gasteiger partial charge >= 0.3 is 6.09 Å². The highest BCUT2D eigenvalue weighted by Gasteiger charge is 2.30. The number of likely N-dealkylation sites (tertiary alicyclic amines) is 1. The van der Waals surface area contributed by atoms with Gasteiger partial charge in [0.2, 0.25) is 0 Å². The summed E-state index contributed by atoms with van der Waals surface area (Å²) in [4.78, 5) is 13.4. The van der Waals surface area contributed by atoms with Gasteiger partial charge in [0.1, 0.15) is 5.60 Å². The topological polar surface area (TPSA) is 75.8 Å². The first-order valence-electron chi connectivity index (χ1n) is 5.68. The van der Waals surface area contributed by atoms with Crippen molar-refractivity contribution in [3.05, 3.63) is 0 Å². The van der Waals surface area contributed by atoms with Crippen LogP contribution in [0.25, 0.3) is 0 Å². The molecule has 94 valence electrons. The van der Waals surface area contributed by atoms with Crippen molar-refractivity contribution in [2.24, 2.45) is 11.7 Å². The first kappa shape index (κ1) is 13.3. The molecular formula is C11H22N2O3. The smallest absolute Gasteiger partial charge is 0.410 e. The van der Waals surface area contributed by atoms with Crippen molar-refractivity contribution < 1.29 is 14.6 Å². The number of ether oxygens (including phenoxy) is 1. The molecule has 0 unspecified atom stereocenters. The van der Waals surface area contributed by atoms with E-state index in [1.165, 1.54) is 0 Å². The van der Waals surface area contributed by atoms with E-state index in [0.717, 1.165) is 6.42 Å². The molecule has 3 N–H and O–H groups in total. The Kier molecular flexibility index (Phi) is 4.15. The Bertz CT molecular complexity index is 250. The molecule has 0 saturated carbocycles. The largest absolute Gasteiger partial charge is 0.444 e. The zero-order valence-corrected chi connectivity index (χ0v) is 10.3. The predicted molar refractivity (Wildman–Crippen MR) is 61.0 cm³/mol. The Morgan fingerprint density at radius 3 is 2.62 bits per heavy atom. The van der Waals surface area contributed by atoms with Crippen LogP contribution in [0.15, 0.2) is 0 Å². The summed E-state index contributed by atoms with van der Waals surface area (Å²) in [6.45, 7) is 6.67. The number of aliphatic hydroxyl groups is 1. The quantitative estimate of drug-likeness (QED) is 0.690. The Hall–Kier alpha value is -0.810. The molecule has 0 aliphatic carbocycles. The SMILES string of the molecule is CC(C)(C)OC(=O)N1CC[C@H](CO)[C@@H](N)C1. The fraction of sp³-hybridized carbons (Fsp3) is 0.909. The third-order valence-electron chi connectivity index (χ3n) is 2.69. The van der Waals surface area contributed by atoms with Gasteiger partial charge in [0.15, 0.2) is 0 Å². The van der Waals surface area contributed by atoms with Gasteiger partial charge in [-0.25, -0.2) is 4.79 Å². The number of piperidine rings is 1. The van der Waals surface area contributed by atoms with E-state index in [9.17, 15) is 4.79 Å². The minimum Gasteiger partial charge on any atom is -0.444 e. The van der Waals surface area contributed by atoms with E-state index in [-0.39, 0.29) is 24.7 Å². The highest BCUT2D eigenvalue weighted by atomic mass is 16.6. The molecule has 2 atom stereocenters. The average Bonchev–Trinajstić information content (AvgIpc) is 2.15. The van der Waals surface area contributed by atoms with Crippen LogP contribution >= 0.6 is 0 Å². The number of hydrogen-bond acceptors (Lipinski definition) is 4. The van der Waals surface area contributed by atoms with E-state index in [1.807, 2.05) is 20.8 Å².